The Hall–Kier alpha value is -0.450. The largest absolute Gasteiger partial charge is 0.383 e. The Labute approximate surface area is 97.4 Å². The molecular weight excluding hydrogens is 261 g/mol. The molecule has 3 N–H and O–H groups in total. The van der Waals surface area contributed by atoms with Crippen molar-refractivity contribution >= 4 is 15.9 Å². The zero-order valence-corrected chi connectivity index (χ0v) is 10.4. The molecule has 1 aromatic carbocycles. The summed E-state index contributed by atoms with van der Waals surface area (Å²) in [7, 11) is 0. The van der Waals surface area contributed by atoms with Crippen LogP contribution in [0.4, 0.5) is 4.39 Å². The lowest BCUT2D eigenvalue weighted by atomic mass is 9.83. The first-order valence-corrected chi connectivity index (χ1v) is 5.59. The molecule has 0 aliphatic rings. The van der Waals surface area contributed by atoms with Crippen molar-refractivity contribution in [3.63, 3.8) is 0 Å². The van der Waals surface area contributed by atoms with Gasteiger partial charge in [-0.2, -0.15) is 0 Å². The Morgan fingerprint density at radius 3 is 2.60 bits per heavy atom. The first-order valence-electron chi connectivity index (χ1n) is 4.80. The second-order valence-corrected chi connectivity index (χ2v) is 4.74. The van der Waals surface area contributed by atoms with Crippen LogP contribution in [0.2, 0.25) is 0 Å². The van der Waals surface area contributed by atoms with Crippen LogP contribution >= 0.6 is 15.9 Å². The molecule has 0 saturated heterocycles. The number of hydrogen-bond acceptors (Lipinski definition) is 2. The molecule has 4 heteroatoms. The van der Waals surface area contributed by atoms with E-state index in [1.165, 1.54) is 0 Å². The molecule has 0 aliphatic heterocycles. The third-order valence-electron chi connectivity index (χ3n) is 2.68. The Balaban J connectivity index is 3.30. The van der Waals surface area contributed by atoms with Crippen LogP contribution in [0.15, 0.2) is 22.7 Å². The van der Waals surface area contributed by atoms with Crippen LogP contribution < -0.4 is 5.73 Å². The number of hydrogen-bond donors (Lipinski definition) is 2. The molecule has 15 heavy (non-hydrogen) atoms. The summed E-state index contributed by atoms with van der Waals surface area (Å²) in [5.41, 5.74) is 4.46. The van der Waals surface area contributed by atoms with E-state index < -0.39 is 11.4 Å². The van der Waals surface area contributed by atoms with Crippen molar-refractivity contribution in [2.75, 3.05) is 6.54 Å². The van der Waals surface area contributed by atoms with Crippen LogP contribution in [0.5, 0.6) is 0 Å². The molecule has 1 aromatic rings. The van der Waals surface area contributed by atoms with Crippen molar-refractivity contribution in [1.29, 1.82) is 0 Å². The highest BCUT2D eigenvalue weighted by Crippen LogP contribution is 2.32. The molecule has 0 spiro atoms. The number of benzene rings is 1. The first-order chi connectivity index (χ1) is 6.93. The summed E-state index contributed by atoms with van der Waals surface area (Å²) in [4.78, 5) is 0. The van der Waals surface area contributed by atoms with E-state index in [9.17, 15) is 9.50 Å². The van der Waals surface area contributed by atoms with Gasteiger partial charge < -0.3 is 10.8 Å². The molecule has 0 bridgehead atoms. The fraction of sp³-hybridized carbons (Fsp3) is 0.455. The van der Waals surface area contributed by atoms with Gasteiger partial charge in [-0.3, -0.25) is 0 Å². The highest BCUT2D eigenvalue weighted by molar-refractivity contribution is 9.10. The van der Waals surface area contributed by atoms with Crippen molar-refractivity contribution in [3.8, 4) is 0 Å². The van der Waals surface area contributed by atoms with Gasteiger partial charge >= 0.3 is 0 Å². The second-order valence-electron chi connectivity index (χ2n) is 3.88. The normalized spacial score (nSPS) is 15.4. The zero-order chi connectivity index (χ0) is 11.6. The summed E-state index contributed by atoms with van der Waals surface area (Å²) in [5.74, 6) is -0.592. The SMILES string of the molecule is CC(C)C(O)(CN)c1cccc(Br)c1F. The van der Waals surface area contributed by atoms with E-state index in [1.54, 1.807) is 18.2 Å². The molecule has 1 atom stereocenters. The van der Waals surface area contributed by atoms with Crippen LogP contribution in [0.25, 0.3) is 0 Å². The van der Waals surface area contributed by atoms with Crippen molar-refractivity contribution in [1.82, 2.24) is 0 Å². The van der Waals surface area contributed by atoms with Gasteiger partial charge in [0.25, 0.3) is 0 Å². The van der Waals surface area contributed by atoms with Crippen molar-refractivity contribution in [2.24, 2.45) is 11.7 Å². The minimum Gasteiger partial charge on any atom is -0.383 e. The summed E-state index contributed by atoms with van der Waals surface area (Å²) in [6, 6.07) is 4.84. The number of nitrogens with two attached hydrogens (primary N) is 1. The van der Waals surface area contributed by atoms with Gasteiger partial charge in [-0.15, -0.1) is 0 Å². The zero-order valence-electron chi connectivity index (χ0n) is 8.80. The Morgan fingerprint density at radius 2 is 2.13 bits per heavy atom. The van der Waals surface area contributed by atoms with E-state index in [0.717, 1.165) is 0 Å². The smallest absolute Gasteiger partial charge is 0.143 e. The van der Waals surface area contributed by atoms with E-state index in [1.807, 2.05) is 13.8 Å². The molecule has 0 fully saturated rings. The number of aliphatic hydroxyl groups is 1. The predicted octanol–water partition coefficient (Wildman–Crippen LogP) is 2.39. The van der Waals surface area contributed by atoms with E-state index in [4.69, 9.17) is 5.73 Å². The van der Waals surface area contributed by atoms with E-state index in [2.05, 4.69) is 15.9 Å². The van der Waals surface area contributed by atoms with Gasteiger partial charge in [-0.1, -0.05) is 26.0 Å². The maximum absolute atomic E-state index is 13.8. The average Bonchev–Trinajstić information content (AvgIpc) is 2.20. The molecule has 2 nitrogen and oxygen atoms in total. The van der Waals surface area contributed by atoms with Crippen molar-refractivity contribution in [2.45, 2.75) is 19.4 Å². The molecule has 0 aromatic heterocycles. The van der Waals surface area contributed by atoms with Gasteiger partial charge in [-0.05, 0) is 27.9 Å². The number of halogens is 2. The lowest BCUT2D eigenvalue weighted by molar-refractivity contribution is -0.00443. The lowest BCUT2D eigenvalue weighted by Crippen LogP contribution is -2.40. The molecule has 0 saturated carbocycles. The molecule has 1 unspecified atom stereocenters. The molecule has 0 aliphatic carbocycles. The molecular formula is C11H15BrFNO. The first kappa shape index (κ1) is 12.6. The summed E-state index contributed by atoms with van der Waals surface area (Å²) < 4.78 is 14.1. The Kier molecular flexibility index (Phi) is 3.87. The highest BCUT2D eigenvalue weighted by Gasteiger charge is 2.34. The highest BCUT2D eigenvalue weighted by atomic mass is 79.9. The second kappa shape index (κ2) is 4.60. The van der Waals surface area contributed by atoms with Gasteiger partial charge in [-0.25, -0.2) is 4.39 Å². The molecule has 84 valence electrons. The van der Waals surface area contributed by atoms with Crippen LogP contribution in [0.3, 0.4) is 0 Å². The monoisotopic (exact) mass is 275 g/mol. The van der Waals surface area contributed by atoms with Crippen LogP contribution in [0, 0.1) is 11.7 Å². The fourth-order valence-corrected chi connectivity index (χ4v) is 1.86. The molecule has 0 amide bonds. The van der Waals surface area contributed by atoms with Crippen molar-refractivity contribution < 1.29 is 9.50 Å². The Bertz CT molecular complexity index is 356. The van der Waals surface area contributed by atoms with Gasteiger partial charge in [0.2, 0.25) is 0 Å². The lowest BCUT2D eigenvalue weighted by Gasteiger charge is -2.31. The van der Waals surface area contributed by atoms with Gasteiger partial charge in [0.15, 0.2) is 0 Å². The van der Waals surface area contributed by atoms with Crippen LogP contribution in [-0.4, -0.2) is 11.7 Å². The van der Waals surface area contributed by atoms with Gasteiger partial charge in [0.05, 0.1) is 4.47 Å². The summed E-state index contributed by atoms with van der Waals surface area (Å²) in [6.45, 7) is 3.62. The minimum absolute atomic E-state index is 0.00194. The summed E-state index contributed by atoms with van der Waals surface area (Å²) in [5, 5.41) is 10.3. The standard InChI is InChI=1S/C11H15BrFNO/c1-7(2)11(15,6-14)8-4-3-5-9(12)10(8)13/h3-5,7,15H,6,14H2,1-2H3. The summed E-state index contributed by atoms with van der Waals surface area (Å²) >= 11 is 3.09. The van der Waals surface area contributed by atoms with Gasteiger partial charge in [0.1, 0.15) is 11.4 Å². The maximum atomic E-state index is 13.8. The van der Waals surface area contributed by atoms with E-state index in [-0.39, 0.29) is 18.0 Å². The topological polar surface area (TPSA) is 46.2 Å². The van der Waals surface area contributed by atoms with Crippen LogP contribution in [-0.2, 0) is 5.60 Å². The average molecular weight is 276 g/mol. The van der Waals surface area contributed by atoms with Crippen molar-refractivity contribution in [3.05, 3.63) is 34.1 Å². The number of rotatable bonds is 3. The fourth-order valence-electron chi connectivity index (χ4n) is 1.49. The van der Waals surface area contributed by atoms with E-state index >= 15 is 0 Å². The van der Waals surface area contributed by atoms with E-state index in [0.29, 0.717) is 4.47 Å². The van der Waals surface area contributed by atoms with Crippen LogP contribution in [0.1, 0.15) is 19.4 Å². The Morgan fingerprint density at radius 1 is 1.53 bits per heavy atom. The minimum atomic E-state index is -1.31. The molecule has 0 heterocycles. The predicted molar refractivity (Wildman–Crippen MR) is 61.9 cm³/mol. The third-order valence-corrected chi connectivity index (χ3v) is 3.30. The molecule has 0 radical (unpaired) electrons. The summed E-state index contributed by atoms with van der Waals surface area (Å²) in [6.07, 6.45) is 0. The maximum Gasteiger partial charge on any atom is 0.143 e. The molecule has 1 rings (SSSR count). The third kappa shape index (κ3) is 2.22. The quantitative estimate of drug-likeness (QED) is 0.890. The van der Waals surface area contributed by atoms with Gasteiger partial charge in [0, 0.05) is 12.1 Å².